The van der Waals surface area contributed by atoms with E-state index in [9.17, 15) is 4.79 Å². The van der Waals surface area contributed by atoms with E-state index in [1.807, 2.05) is 61.5 Å². The Morgan fingerprint density at radius 2 is 1.72 bits per heavy atom. The van der Waals surface area contributed by atoms with E-state index >= 15 is 0 Å². The van der Waals surface area contributed by atoms with Crippen molar-refractivity contribution in [2.24, 2.45) is 0 Å². The fourth-order valence-corrected chi connectivity index (χ4v) is 3.07. The summed E-state index contributed by atoms with van der Waals surface area (Å²) in [6, 6.07) is 19.0. The van der Waals surface area contributed by atoms with Crippen molar-refractivity contribution in [1.29, 1.82) is 0 Å². The van der Waals surface area contributed by atoms with Gasteiger partial charge in [-0.2, -0.15) is 0 Å². The Balaban J connectivity index is 1.39. The van der Waals surface area contributed by atoms with Crippen molar-refractivity contribution >= 4 is 5.91 Å². The molecule has 1 N–H and O–H groups in total. The van der Waals surface area contributed by atoms with Gasteiger partial charge in [0.2, 0.25) is 5.88 Å². The van der Waals surface area contributed by atoms with Crippen LogP contribution in [0.1, 0.15) is 32.3 Å². The van der Waals surface area contributed by atoms with E-state index in [0.717, 1.165) is 28.3 Å². The molecule has 0 unspecified atom stereocenters. The number of rotatable bonds is 11. The van der Waals surface area contributed by atoms with E-state index in [0.29, 0.717) is 24.9 Å². The first-order valence-electron chi connectivity index (χ1n) is 10.7. The maximum Gasteiger partial charge on any atom is 0.258 e. The van der Waals surface area contributed by atoms with E-state index in [1.54, 1.807) is 6.07 Å². The minimum absolute atomic E-state index is 0.0413. The Bertz CT molecular complexity index is 989. The third-order valence-corrected chi connectivity index (χ3v) is 4.68. The highest BCUT2D eigenvalue weighted by molar-refractivity contribution is 5.77. The molecule has 0 aliphatic rings. The van der Waals surface area contributed by atoms with Crippen LogP contribution in [0.5, 0.6) is 17.4 Å². The molecule has 0 atom stereocenters. The lowest BCUT2D eigenvalue weighted by Crippen LogP contribution is -2.32. The smallest absolute Gasteiger partial charge is 0.258 e. The third-order valence-electron chi connectivity index (χ3n) is 4.68. The van der Waals surface area contributed by atoms with Crippen molar-refractivity contribution < 1.29 is 19.0 Å². The first-order chi connectivity index (χ1) is 15.6. The van der Waals surface area contributed by atoms with E-state index in [2.05, 4.69) is 29.4 Å². The van der Waals surface area contributed by atoms with E-state index in [-0.39, 0.29) is 19.1 Å². The number of benzene rings is 2. The first kappa shape index (κ1) is 23.1. The number of amides is 1. The zero-order chi connectivity index (χ0) is 22.8. The topological polar surface area (TPSA) is 82.6 Å². The van der Waals surface area contributed by atoms with E-state index in [4.69, 9.17) is 14.2 Å². The van der Waals surface area contributed by atoms with Crippen molar-refractivity contribution in [3.05, 3.63) is 66.2 Å². The Labute approximate surface area is 188 Å². The predicted molar refractivity (Wildman–Crippen MR) is 123 cm³/mol. The minimum Gasteiger partial charge on any atom is -0.494 e. The number of aromatic nitrogens is 2. The molecule has 32 heavy (non-hydrogen) atoms. The summed E-state index contributed by atoms with van der Waals surface area (Å²) in [5.74, 6) is 2.07. The zero-order valence-electron chi connectivity index (χ0n) is 18.7. The highest BCUT2D eigenvalue weighted by Gasteiger charge is 2.09. The van der Waals surface area contributed by atoms with Gasteiger partial charge in [-0.1, -0.05) is 32.0 Å². The molecule has 7 nitrogen and oxygen atoms in total. The molecule has 0 bridgehead atoms. The Kier molecular flexibility index (Phi) is 8.43. The summed E-state index contributed by atoms with van der Waals surface area (Å²) < 4.78 is 16.7. The van der Waals surface area contributed by atoms with Crippen LogP contribution in [0.2, 0.25) is 0 Å². The summed E-state index contributed by atoms with van der Waals surface area (Å²) in [6.45, 7) is 7.34. The van der Waals surface area contributed by atoms with Crippen LogP contribution in [0, 0.1) is 0 Å². The molecule has 0 spiro atoms. The SMILES string of the molecule is CCOc1ccc(-c2ccc(OCCNC(=O)COc3ccccc3C(C)C)nn2)cc1. The molecule has 0 fully saturated rings. The molecule has 1 amide bonds. The number of nitrogens with one attached hydrogen (secondary N) is 1. The van der Waals surface area contributed by atoms with Crippen molar-refractivity contribution in [3.8, 4) is 28.6 Å². The second-order valence-electron chi connectivity index (χ2n) is 7.39. The second kappa shape index (κ2) is 11.7. The quantitative estimate of drug-likeness (QED) is 0.454. The predicted octanol–water partition coefficient (Wildman–Crippen LogP) is 4.24. The van der Waals surface area contributed by atoms with Gasteiger partial charge in [-0.3, -0.25) is 4.79 Å². The van der Waals surface area contributed by atoms with Crippen molar-refractivity contribution in [3.63, 3.8) is 0 Å². The fraction of sp³-hybridized carbons (Fsp3) is 0.320. The van der Waals surface area contributed by atoms with E-state index < -0.39 is 0 Å². The van der Waals surface area contributed by atoms with Crippen LogP contribution in [0.25, 0.3) is 11.3 Å². The maximum atomic E-state index is 12.0. The number of carbonyl (C=O) groups is 1. The summed E-state index contributed by atoms with van der Waals surface area (Å²) in [5.41, 5.74) is 2.77. The van der Waals surface area contributed by atoms with Gasteiger partial charge in [0.25, 0.3) is 5.91 Å². The second-order valence-corrected chi connectivity index (χ2v) is 7.39. The summed E-state index contributed by atoms with van der Waals surface area (Å²) in [6.07, 6.45) is 0. The van der Waals surface area contributed by atoms with Gasteiger partial charge in [0, 0.05) is 11.6 Å². The molecule has 3 rings (SSSR count). The Hall–Kier alpha value is -3.61. The number of carbonyl (C=O) groups excluding carboxylic acids is 1. The van der Waals surface area contributed by atoms with Crippen LogP contribution in [-0.4, -0.2) is 42.5 Å². The van der Waals surface area contributed by atoms with Gasteiger partial charge >= 0.3 is 0 Å². The zero-order valence-corrected chi connectivity index (χ0v) is 18.7. The van der Waals surface area contributed by atoms with Crippen LogP contribution in [0.15, 0.2) is 60.7 Å². The molecule has 1 heterocycles. The molecule has 2 aromatic carbocycles. The van der Waals surface area contributed by atoms with Gasteiger partial charge < -0.3 is 19.5 Å². The van der Waals surface area contributed by atoms with Gasteiger partial charge in [-0.25, -0.2) is 0 Å². The van der Waals surface area contributed by atoms with Crippen molar-refractivity contribution in [1.82, 2.24) is 15.5 Å². The first-order valence-corrected chi connectivity index (χ1v) is 10.7. The summed E-state index contributed by atoms with van der Waals surface area (Å²) in [5, 5.41) is 11.1. The maximum absolute atomic E-state index is 12.0. The van der Waals surface area contributed by atoms with Gasteiger partial charge in [0.1, 0.15) is 18.1 Å². The molecular formula is C25H29N3O4. The van der Waals surface area contributed by atoms with Crippen LogP contribution < -0.4 is 19.5 Å². The number of nitrogens with zero attached hydrogens (tertiary/aromatic N) is 2. The van der Waals surface area contributed by atoms with Gasteiger partial charge in [0.15, 0.2) is 6.61 Å². The van der Waals surface area contributed by atoms with Gasteiger partial charge in [0.05, 0.1) is 18.8 Å². The van der Waals surface area contributed by atoms with Gasteiger partial charge in [-0.15, -0.1) is 10.2 Å². The molecule has 7 heteroatoms. The van der Waals surface area contributed by atoms with Gasteiger partial charge in [-0.05, 0) is 54.8 Å². The van der Waals surface area contributed by atoms with Crippen LogP contribution in [0.4, 0.5) is 0 Å². The summed E-state index contributed by atoms with van der Waals surface area (Å²) in [4.78, 5) is 12.0. The molecular weight excluding hydrogens is 406 g/mol. The molecule has 0 saturated heterocycles. The highest BCUT2D eigenvalue weighted by atomic mass is 16.5. The standard InChI is InChI=1S/C25H29N3O4/c1-4-30-20-11-9-19(10-12-20)22-13-14-25(28-27-22)31-16-15-26-24(29)17-32-23-8-6-5-7-21(23)18(2)3/h5-14,18H,4,15-17H2,1-3H3,(H,26,29). The largest absolute Gasteiger partial charge is 0.494 e. The molecule has 0 saturated carbocycles. The third kappa shape index (κ3) is 6.70. The Morgan fingerprint density at radius 3 is 2.41 bits per heavy atom. The van der Waals surface area contributed by atoms with Crippen molar-refractivity contribution in [2.45, 2.75) is 26.7 Å². The minimum atomic E-state index is -0.205. The summed E-state index contributed by atoms with van der Waals surface area (Å²) in [7, 11) is 0. The van der Waals surface area contributed by atoms with Crippen LogP contribution in [-0.2, 0) is 4.79 Å². The molecule has 0 aliphatic carbocycles. The van der Waals surface area contributed by atoms with E-state index in [1.165, 1.54) is 0 Å². The number of hydrogen-bond acceptors (Lipinski definition) is 6. The molecule has 168 valence electrons. The Morgan fingerprint density at radius 1 is 0.938 bits per heavy atom. The lowest BCUT2D eigenvalue weighted by molar-refractivity contribution is -0.123. The monoisotopic (exact) mass is 435 g/mol. The highest BCUT2D eigenvalue weighted by Crippen LogP contribution is 2.25. The molecule has 0 radical (unpaired) electrons. The lowest BCUT2D eigenvalue weighted by Gasteiger charge is -2.13. The van der Waals surface area contributed by atoms with Crippen LogP contribution >= 0.6 is 0 Å². The lowest BCUT2D eigenvalue weighted by atomic mass is 10.0. The average molecular weight is 436 g/mol. The molecule has 1 aromatic heterocycles. The average Bonchev–Trinajstić information content (AvgIpc) is 2.82. The molecule has 3 aromatic rings. The number of ether oxygens (including phenoxy) is 3. The van der Waals surface area contributed by atoms with Crippen LogP contribution in [0.3, 0.4) is 0 Å². The fourth-order valence-electron chi connectivity index (χ4n) is 3.07. The molecule has 0 aliphatic heterocycles. The normalized spacial score (nSPS) is 10.6. The number of hydrogen-bond donors (Lipinski definition) is 1. The summed E-state index contributed by atoms with van der Waals surface area (Å²) >= 11 is 0. The van der Waals surface area contributed by atoms with Crippen molar-refractivity contribution in [2.75, 3.05) is 26.4 Å². The number of para-hydroxylation sites is 1.